The lowest BCUT2D eigenvalue weighted by Gasteiger charge is -2.30. The predicted molar refractivity (Wildman–Crippen MR) is 127 cm³/mol. The first-order valence-corrected chi connectivity index (χ1v) is 13.1. The number of benzene rings is 2. The molecule has 0 bridgehead atoms. The van der Waals surface area contributed by atoms with Crippen LogP contribution in [0.15, 0.2) is 53.4 Å². The molecule has 172 valence electrons. The number of nitrogens with zero attached hydrogens (tertiary/aromatic N) is 2. The number of rotatable bonds is 6. The quantitative estimate of drug-likeness (QED) is 0.703. The third-order valence-corrected chi connectivity index (χ3v) is 8.52. The zero-order valence-corrected chi connectivity index (χ0v) is 19.6. The van der Waals surface area contributed by atoms with E-state index in [9.17, 15) is 13.2 Å². The van der Waals surface area contributed by atoms with E-state index < -0.39 is 15.9 Å². The molecule has 2 aromatic rings. The topological polar surface area (TPSA) is 69.7 Å². The monoisotopic (exact) mass is 455 g/mol. The summed E-state index contributed by atoms with van der Waals surface area (Å²) in [6.45, 7) is 6.50. The summed E-state index contributed by atoms with van der Waals surface area (Å²) in [5.41, 5.74) is 2.06. The second-order valence-electron chi connectivity index (χ2n) is 9.07. The highest BCUT2D eigenvalue weighted by atomic mass is 32.2. The number of hydrogen-bond acceptors (Lipinski definition) is 4. The van der Waals surface area contributed by atoms with E-state index >= 15 is 0 Å². The van der Waals surface area contributed by atoms with Gasteiger partial charge in [0, 0.05) is 25.3 Å². The third-order valence-electron chi connectivity index (χ3n) is 6.56. The van der Waals surface area contributed by atoms with Gasteiger partial charge in [-0.15, -0.1) is 0 Å². The molecular weight excluding hydrogens is 422 g/mol. The number of hydrogen-bond donors (Lipinski definition) is 1. The molecular formula is C25H33N3O3S. The summed E-state index contributed by atoms with van der Waals surface area (Å²) in [4.78, 5) is 15.5. The minimum absolute atomic E-state index is 0.0790. The van der Waals surface area contributed by atoms with Crippen LogP contribution < -0.4 is 5.32 Å². The number of nitrogens with one attached hydrogen (secondary N) is 1. The summed E-state index contributed by atoms with van der Waals surface area (Å²) in [6, 6.07) is 14.3. The molecule has 0 aromatic heterocycles. The Bertz CT molecular complexity index is 1020. The molecule has 7 heteroatoms. The first-order valence-electron chi connectivity index (χ1n) is 11.7. The number of carbonyl (C=O) groups is 1. The highest BCUT2D eigenvalue weighted by Gasteiger charge is 2.29. The van der Waals surface area contributed by atoms with Gasteiger partial charge in [0.25, 0.3) is 5.91 Å². The molecule has 1 N–H and O–H groups in total. The second-order valence-corrected chi connectivity index (χ2v) is 11.0. The van der Waals surface area contributed by atoms with Crippen LogP contribution in [0.4, 0.5) is 5.69 Å². The van der Waals surface area contributed by atoms with Crippen LogP contribution in [0, 0.1) is 5.92 Å². The SMILES string of the molecule is CC1CCN(Cc2ccc(NC(=O)c3ccccc3S(=O)(=O)N3CCCCC3)cc2)CC1. The maximum absolute atomic E-state index is 13.2. The van der Waals surface area contributed by atoms with Crippen LogP contribution >= 0.6 is 0 Å². The number of likely N-dealkylation sites (tertiary alicyclic amines) is 1. The van der Waals surface area contributed by atoms with Crippen molar-refractivity contribution in [3.63, 3.8) is 0 Å². The van der Waals surface area contributed by atoms with Crippen LogP contribution in [0.5, 0.6) is 0 Å². The fraction of sp³-hybridized carbons (Fsp3) is 0.480. The van der Waals surface area contributed by atoms with Crippen LogP contribution in [0.1, 0.15) is 54.9 Å². The molecule has 0 unspecified atom stereocenters. The Morgan fingerprint density at radius 2 is 1.59 bits per heavy atom. The summed E-state index contributed by atoms with van der Waals surface area (Å²) in [5.74, 6) is 0.407. The first-order chi connectivity index (χ1) is 15.4. The lowest BCUT2D eigenvalue weighted by molar-refractivity contribution is 0.102. The molecule has 2 heterocycles. The van der Waals surface area contributed by atoms with Crippen molar-refractivity contribution in [2.75, 3.05) is 31.5 Å². The van der Waals surface area contributed by atoms with E-state index in [1.165, 1.54) is 28.8 Å². The van der Waals surface area contributed by atoms with E-state index in [-0.39, 0.29) is 10.5 Å². The van der Waals surface area contributed by atoms with Crippen LogP contribution in [-0.4, -0.2) is 49.7 Å². The van der Waals surface area contributed by atoms with Crippen molar-refractivity contribution in [2.24, 2.45) is 5.92 Å². The average Bonchev–Trinajstić information content (AvgIpc) is 2.82. The third kappa shape index (κ3) is 5.39. The average molecular weight is 456 g/mol. The standard InChI is InChI=1S/C25H33N3O3S/c1-20-13-17-27(18-14-20)19-21-9-11-22(12-10-21)26-25(29)23-7-3-4-8-24(23)32(30,31)28-15-5-2-6-16-28/h3-4,7-12,20H,2,5-6,13-19H2,1H3,(H,26,29). The fourth-order valence-corrected chi connectivity index (χ4v) is 6.20. The molecule has 2 saturated heterocycles. The van der Waals surface area contributed by atoms with Crippen LogP contribution in [-0.2, 0) is 16.6 Å². The van der Waals surface area contributed by atoms with Crippen molar-refractivity contribution in [3.8, 4) is 0 Å². The van der Waals surface area contributed by atoms with Gasteiger partial charge in [0.15, 0.2) is 0 Å². The Balaban J connectivity index is 1.44. The van der Waals surface area contributed by atoms with E-state index in [4.69, 9.17) is 0 Å². The Labute approximate surface area is 191 Å². The Hall–Kier alpha value is -2.22. The van der Waals surface area contributed by atoms with E-state index in [2.05, 4.69) is 17.1 Å². The molecule has 2 fully saturated rings. The van der Waals surface area contributed by atoms with Gasteiger partial charge in [-0.2, -0.15) is 4.31 Å². The molecule has 2 aliphatic rings. The van der Waals surface area contributed by atoms with Crippen LogP contribution in [0.25, 0.3) is 0 Å². The van der Waals surface area contributed by atoms with Gasteiger partial charge in [0.1, 0.15) is 0 Å². The van der Waals surface area contributed by atoms with Crippen molar-refractivity contribution in [1.29, 1.82) is 0 Å². The number of sulfonamides is 1. The van der Waals surface area contributed by atoms with Gasteiger partial charge in [-0.25, -0.2) is 8.42 Å². The zero-order chi connectivity index (χ0) is 22.6. The lowest BCUT2D eigenvalue weighted by atomic mass is 9.99. The Morgan fingerprint density at radius 1 is 0.938 bits per heavy atom. The minimum atomic E-state index is -3.69. The smallest absolute Gasteiger partial charge is 0.257 e. The highest BCUT2D eigenvalue weighted by Crippen LogP contribution is 2.25. The summed E-state index contributed by atoms with van der Waals surface area (Å²) >= 11 is 0. The maximum Gasteiger partial charge on any atom is 0.257 e. The maximum atomic E-state index is 13.2. The van der Waals surface area contributed by atoms with Gasteiger partial charge >= 0.3 is 0 Å². The van der Waals surface area contributed by atoms with Crippen molar-refractivity contribution in [1.82, 2.24) is 9.21 Å². The van der Waals surface area contributed by atoms with E-state index in [0.29, 0.717) is 18.8 Å². The molecule has 0 spiro atoms. The van der Waals surface area contributed by atoms with Gasteiger partial charge in [-0.3, -0.25) is 9.69 Å². The second kappa shape index (κ2) is 10.1. The van der Waals surface area contributed by atoms with E-state index in [0.717, 1.165) is 44.8 Å². The van der Waals surface area contributed by atoms with Crippen molar-refractivity contribution < 1.29 is 13.2 Å². The van der Waals surface area contributed by atoms with E-state index in [1.807, 2.05) is 24.3 Å². The number of piperidine rings is 2. The Morgan fingerprint density at radius 3 is 2.28 bits per heavy atom. The summed E-state index contributed by atoms with van der Waals surface area (Å²) < 4.78 is 27.8. The van der Waals surface area contributed by atoms with Crippen molar-refractivity contribution in [2.45, 2.75) is 50.5 Å². The molecule has 1 amide bonds. The first kappa shape index (κ1) is 23.0. The van der Waals surface area contributed by atoms with Gasteiger partial charge in [0.2, 0.25) is 10.0 Å². The lowest BCUT2D eigenvalue weighted by Crippen LogP contribution is -2.36. The molecule has 0 saturated carbocycles. The highest BCUT2D eigenvalue weighted by molar-refractivity contribution is 7.89. The van der Waals surface area contributed by atoms with Crippen molar-refractivity contribution in [3.05, 3.63) is 59.7 Å². The van der Waals surface area contributed by atoms with E-state index in [1.54, 1.807) is 18.2 Å². The van der Waals surface area contributed by atoms with Crippen LogP contribution in [0.3, 0.4) is 0 Å². The molecule has 6 nitrogen and oxygen atoms in total. The normalized spacial score (nSPS) is 19.0. The number of anilines is 1. The van der Waals surface area contributed by atoms with Crippen molar-refractivity contribution >= 4 is 21.6 Å². The van der Waals surface area contributed by atoms with Gasteiger partial charge in [0.05, 0.1) is 10.5 Å². The van der Waals surface area contributed by atoms with Gasteiger partial charge in [-0.1, -0.05) is 37.6 Å². The Kier molecular flexibility index (Phi) is 7.28. The minimum Gasteiger partial charge on any atom is -0.322 e. The predicted octanol–water partition coefficient (Wildman–Crippen LogP) is 4.35. The molecule has 0 aliphatic carbocycles. The zero-order valence-electron chi connectivity index (χ0n) is 18.8. The number of amides is 1. The molecule has 4 rings (SSSR count). The molecule has 2 aliphatic heterocycles. The fourth-order valence-electron chi connectivity index (χ4n) is 4.49. The van der Waals surface area contributed by atoms with Crippen LogP contribution in [0.2, 0.25) is 0 Å². The van der Waals surface area contributed by atoms with Gasteiger partial charge in [-0.05, 0) is 74.5 Å². The van der Waals surface area contributed by atoms with Gasteiger partial charge < -0.3 is 5.32 Å². The summed E-state index contributed by atoms with van der Waals surface area (Å²) in [7, 11) is -3.69. The largest absolute Gasteiger partial charge is 0.322 e. The molecule has 32 heavy (non-hydrogen) atoms. The molecule has 2 aromatic carbocycles. The molecule has 0 radical (unpaired) electrons. The summed E-state index contributed by atoms with van der Waals surface area (Å²) in [5, 5.41) is 2.87. The number of carbonyl (C=O) groups excluding carboxylic acids is 1. The molecule has 0 atom stereocenters. The summed E-state index contributed by atoms with van der Waals surface area (Å²) in [6.07, 6.45) is 5.25.